The lowest BCUT2D eigenvalue weighted by Crippen LogP contribution is -2.36. The Kier molecular flexibility index (Phi) is 6.82. The molecule has 0 fully saturated rings. The molecule has 0 bridgehead atoms. The zero-order chi connectivity index (χ0) is 19.8. The highest BCUT2D eigenvalue weighted by molar-refractivity contribution is 5.90. The van der Waals surface area contributed by atoms with Crippen LogP contribution in [-0.2, 0) is 20.9 Å². The maximum absolute atomic E-state index is 12.3. The van der Waals surface area contributed by atoms with E-state index in [1.807, 2.05) is 30.3 Å². The molecule has 0 saturated carbocycles. The van der Waals surface area contributed by atoms with Crippen molar-refractivity contribution >= 4 is 23.6 Å². The molecule has 1 atom stereocenters. The smallest absolute Gasteiger partial charge is 0.331 e. The fraction of sp³-hybridized carbons (Fsp3) is 0.200. The van der Waals surface area contributed by atoms with Gasteiger partial charge in [-0.1, -0.05) is 42.5 Å². The molecule has 0 spiro atoms. The van der Waals surface area contributed by atoms with E-state index in [0.717, 1.165) is 11.6 Å². The first-order chi connectivity index (χ1) is 12.9. The van der Waals surface area contributed by atoms with Crippen molar-refractivity contribution in [2.24, 2.45) is 0 Å². The Balaban J connectivity index is 1.94. The summed E-state index contributed by atoms with van der Waals surface area (Å²) in [5, 5.41) is 11.0. The van der Waals surface area contributed by atoms with Crippen LogP contribution < -0.4 is 0 Å². The molecular weight excluding hydrogens is 348 g/mol. The number of nitro benzene ring substituents is 1. The van der Waals surface area contributed by atoms with E-state index in [1.54, 1.807) is 13.1 Å². The monoisotopic (exact) mass is 368 g/mol. The zero-order valence-electron chi connectivity index (χ0n) is 15.1. The molecule has 0 aliphatic rings. The SMILES string of the molecule is C[C@@H](OC(=O)/C=C/c1ccccc1[N+](=O)[O-])C(=O)N(C)Cc1ccccc1. The molecule has 0 aliphatic carbocycles. The Hall–Kier alpha value is -3.48. The second-order valence-corrected chi connectivity index (χ2v) is 5.91. The zero-order valence-corrected chi connectivity index (χ0v) is 15.1. The van der Waals surface area contributed by atoms with Crippen LogP contribution in [0.25, 0.3) is 6.08 Å². The lowest BCUT2D eigenvalue weighted by Gasteiger charge is -2.21. The van der Waals surface area contributed by atoms with E-state index in [-0.39, 0.29) is 17.2 Å². The number of hydrogen-bond donors (Lipinski definition) is 0. The highest BCUT2D eigenvalue weighted by atomic mass is 16.6. The molecule has 1 amide bonds. The first-order valence-electron chi connectivity index (χ1n) is 8.29. The topological polar surface area (TPSA) is 89.7 Å². The minimum absolute atomic E-state index is 0.117. The third-order valence-electron chi connectivity index (χ3n) is 3.81. The van der Waals surface area contributed by atoms with Crippen LogP contribution in [0.5, 0.6) is 0 Å². The molecule has 140 valence electrons. The summed E-state index contributed by atoms with van der Waals surface area (Å²) >= 11 is 0. The van der Waals surface area contributed by atoms with Gasteiger partial charge in [0, 0.05) is 25.7 Å². The Morgan fingerprint density at radius 3 is 2.44 bits per heavy atom. The van der Waals surface area contributed by atoms with Crippen molar-refractivity contribution in [1.29, 1.82) is 0 Å². The van der Waals surface area contributed by atoms with Crippen LogP contribution in [0, 0.1) is 10.1 Å². The number of likely N-dealkylation sites (N-methyl/N-ethyl adjacent to an activating group) is 1. The predicted molar refractivity (Wildman–Crippen MR) is 101 cm³/mol. The standard InChI is InChI=1S/C20H20N2O5/c1-15(20(24)21(2)14-16-8-4-3-5-9-16)27-19(23)13-12-17-10-6-7-11-18(17)22(25)26/h3-13,15H,14H2,1-2H3/b13-12+/t15-/m1/s1. The largest absolute Gasteiger partial charge is 0.449 e. The second kappa shape index (κ2) is 9.28. The summed E-state index contributed by atoms with van der Waals surface area (Å²) in [6, 6.07) is 15.5. The number of esters is 1. The first-order valence-corrected chi connectivity index (χ1v) is 8.29. The number of nitro groups is 1. The van der Waals surface area contributed by atoms with Crippen LogP contribution in [0.1, 0.15) is 18.1 Å². The Morgan fingerprint density at radius 1 is 1.15 bits per heavy atom. The molecule has 0 aromatic heterocycles. The molecule has 7 heteroatoms. The highest BCUT2D eigenvalue weighted by Crippen LogP contribution is 2.19. The molecule has 27 heavy (non-hydrogen) atoms. The summed E-state index contributed by atoms with van der Waals surface area (Å²) in [4.78, 5) is 36.2. The summed E-state index contributed by atoms with van der Waals surface area (Å²) in [5.41, 5.74) is 1.12. The van der Waals surface area contributed by atoms with Crippen molar-refractivity contribution in [3.8, 4) is 0 Å². The molecule has 7 nitrogen and oxygen atoms in total. The third-order valence-corrected chi connectivity index (χ3v) is 3.81. The number of amides is 1. The number of benzene rings is 2. The molecule has 2 aromatic carbocycles. The van der Waals surface area contributed by atoms with E-state index in [1.165, 1.54) is 36.1 Å². The normalized spacial score (nSPS) is 11.8. The van der Waals surface area contributed by atoms with Gasteiger partial charge in [-0.3, -0.25) is 14.9 Å². The van der Waals surface area contributed by atoms with Crippen molar-refractivity contribution < 1.29 is 19.2 Å². The molecule has 0 unspecified atom stereocenters. The summed E-state index contributed by atoms with van der Waals surface area (Å²) in [6.45, 7) is 1.88. The minimum Gasteiger partial charge on any atom is -0.449 e. The number of ether oxygens (including phenoxy) is 1. The summed E-state index contributed by atoms with van der Waals surface area (Å²) in [6.07, 6.45) is 1.40. The number of carbonyl (C=O) groups is 2. The van der Waals surface area contributed by atoms with E-state index in [2.05, 4.69) is 0 Å². The Bertz CT molecular complexity index is 848. The number of para-hydroxylation sites is 1. The lowest BCUT2D eigenvalue weighted by atomic mass is 10.1. The van der Waals surface area contributed by atoms with Gasteiger partial charge >= 0.3 is 5.97 Å². The molecular formula is C20H20N2O5. The van der Waals surface area contributed by atoms with Crippen LogP contribution in [0.15, 0.2) is 60.7 Å². The lowest BCUT2D eigenvalue weighted by molar-refractivity contribution is -0.385. The van der Waals surface area contributed by atoms with Crippen LogP contribution >= 0.6 is 0 Å². The number of carbonyl (C=O) groups excluding carboxylic acids is 2. The van der Waals surface area contributed by atoms with Gasteiger partial charge in [0.25, 0.3) is 11.6 Å². The average molecular weight is 368 g/mol. The van der Waals surface area contributed by atoms with Gasteiger partial charge in [-0.25, -0.2) is 4.79 Å². The van der Waals surface area contributed by atoms with Crippen molar-refractivity contribution in [2.45, 2.75) is 19.6 Å². The fourth-order valence-electron chi connectivity index (χ4n) is 2.46. The molecule has 0 saturated heterocycles. The van der Waals surface area contributed by atoms with Crippen LogP contribution in [0.4, 0.5) is 5.69 Å². The Morgan fingerprint density at radius 2 is 1.78 bits per heavy atom. The van der Waals surface area contributed by atoms with Gasteiger partial charge in [0.05, 0.1) is 10.5 Å². The van der Waals surface area contributed by atoms with Gasteiger partial charge in [0.1, 0.15) is 0 Å². The molecule has 0 radical (unpaired) electrons. The fourth-order valence-corrected chi connectivity index (χ4v) is 2.46. The van der Waals surface area contributed by atoms with Crippen LogP contribution in [-0.4, -0.2) is 34.9 Å². The van der Waals surface area contributed by atoms with Crippen LogP contribution in [0.3, 0.4) is 0 Å². The molecule has 0 aliphatic heterocycles. The van der Waals surface area contributed by atoms with E-state index in [9.17, 15) is 19.7 Å². The minimum atomic E-state index is -0.971. The highest BCUT2D eigenvalue weighted by Gasteiger charge is 2.21. The quantitative estimate of drug-likeness (QED) is 0.324. The van der Waals surface area contributed by atoms with Gasteiger partial charge in [-0.2, -0.15) is 0 Å². The van der Waals surface area contributed by atoms with Gasteiger partial charge in [-0.15, -0.1) is 0 Å². The first kappa shape index (κ1) is 19.8. The second-order valence-electron chi connectivity index (χ2n) is 5.91. The third kappa shape index (κ3) is 5.78. The van der Waals surface area contributed by atoms with E-state index < -0.39 is 17.0 Å². The summed E-state index contributed by atoms with van der Waals surface area (Å²) in [5.74, 6) is -1.09. The van der Waals surface area contributed by atoms with E-state index in [0.29, 0.717) is 6.54 Å². The molecule has 0 N–H and O–H groups in total. The predicted octanol–water partition coefficient (Wildman–Crippen LogP) is 3.20. The summed E-state index contributed by atoms with van der Waals surface area (Å²) in [7, 11) is 1.63. The van der Waals surface area contributed by atoms with Gasteiger partial charge < -0.3 is 9.64 Å². The van der Waals surface area contributed by atoms with Crippen molar-refractivity contribution in [1.82, 2.24) is 4.90 Å². The molecule has 0 heterocycles. The number of hydrogen-bond acceptors (Lipinski definition) is 5. The van der Waals surface area contributed by atoms with E-state index >= 15 is 0 Å². The van der Waals surface area contributed by atoms with Gasteiger partial charge in [-0.05, 0) is 24.6 Å². The van der Waals surface area contributed by atoms with Gasteiger partial charge in [0.15, 0.2) is 6.10 Å². The van der Waals surface area contributed by atoms with Crippen molar-refractivity contribution in [3.05, 3.63) is 81.9 Å². The van der Waals surface area contributed by atoms with Crippen molar-refractivity contribution in [2.75, 3.05) is 7.05 Å². The molecule has 2 rings (SSSR count). The maximum atomic E-state index is 12.3. The van der Waals surface area contributed by atoms with Crippen molar-refractivity contribution in [3.63, 3.8) is 0 Å². The molecule has 2 aromatic rings. The number of rotatable bonds is 7. The maximum Gasteiger partial charge on any atom is 0.331 e. The van der Waals surface area contributed by atoms with Gasteiger partial charge in [0.2, 0.25) is 0 Å². The van der Waals surface area contributed by atoms with Crippen LogP contribution in [0.2, 0.25) is 0 Å². The van der Waals surface area contributed by atoms with E-state index in [4.69, 9.17) is 4.74 Å². The average Bonchev–Trinajstić information content (AvgIpc) is 2.66. The Labute approximate surface area is 157 Å². The summed E-state index contributed by atoms with van der Waals surface area (Å²) < 4.78 is 5.11. The number of nitrogens with zero attached hydrogens (tertiary/aromatic N) is 2.